The van der Waals surface area contributed by atoms with E-state index in [1.54, 1.807) is 0 Å². The lowest BCUT2D eigenvalue weighted by atomic mass is 10.1. The minimum absolute atomic E-state index is 1.10. The van der Waals surface area contributed by atoms with E-state index >= 15 is 0 Å². The smallest absolute Gasteiger partial charge is 0.0374 e. The summed E-state index contributed by atoms with van der Waals surface area (Å²) in [6.07, 6.45) is 2.40. The predicted octanol–water partition coefficient (Wildman–Crippen LogP) is 3.36. The minimum atomic E-state index is 1.10. The van der Waals surface area contributed by atoms with Crippen molar-refractivity contribution in [3.05, 3.63) is 34.7 Å². The second-order valence-corrected chi connectivity index (χ2v) is 4.80. The van der Waals surface area contributed by atoms with Crippen LogP contribution in [-0.2, 0) is 6.42 Å². The van der Waals surface area contributed by atoms with Crippen molar-refractivity contribution in [3.63, 3.8) is 0 Å². The molecule has 80 valence electrons. The molecule has 2 aromatic rings. The Morgan fingerprint density at radius 2 is 2.20 bits per heavy atom. The monoisotopic (exact) mass is 219 g/mol. The van der Waals surface area contributed by atoms with Gasteiger partial charge in [0.1, 0.15) is 0 Å². The first-order valence-corrected chi connectivity index (χ1v) is 6.31. The third-order valence-electron chi connectivity index (χ3n) is 2.75. The molecule has 0 fully saturated rings. The number of rotatable bonds is 4. The van der Waals surface area contributed by atoms with Crippen molar-refractivity contribution in [2.24, 2.45) is 0 Å². The standard InChI is InChI=1S/C13H17NS/c1-10-5-3-7-12-11(6-4-8-14-2)9-15-13(10)12/h3,5,7,9,14H,4,6,8H2,1-2H3. The Balaban J connectivity index is 2.25. The van der Waals surface area contributed by atoms with Crippen LogP contribution in [0.3, 0.4) is 0 Å². The fraction of sp³-hybridized carbons (Fsp3) is 0.385. The van der Waals surface area contributed by atoms with Gasteiger partial charge in [0, 0.05) is 4.70 Å². The molecule has 2 rings (SSSR count). The van der Waals surface area contributed by atoms with Gasteiger partial charge in [-0.1, -0.05) is 18.2 Å². The predicted molar refractivity (Wildman–Crippen MR) is 68.8 cm³/mol. The van der Waals surface area contributed by atoms with Gasteiger partial charge in [0.15, 0.2) is 0 Å². The van der Waals surface area contributed by atoms with Crippen LogP contribution >= 0.6 is 11.3 Å². The number of hydrogen-bond acceptors (Lipinski definition) is 2. The van der Waals surface area contributed by atoms with E-state index in [2.05, 4.69) is 35.8 Å². The quantitative estimate of drug-likeness (QED) is 0.777. The van der Waals surface area contributed by atoms with Crippen molar-refractivity contribution in [1.82, 2.24) is 5.32 Å². The van der Waals surface area contributed by atoms with Crippen LogP contribution in [0.2, 0.25) is 0 Å². The summed E-state index contributed by atoms with van der Waals surface area (Å²) in [5.41, 5.74) is 2.91. The van der Waals surface area contributed by atoms with E-state index in [0.29, 0.717) is 0 Å². The van der Waals surface area contributed by atoms with Gasteiger partial charge in [-0.2, -0.15) is 0 Å². The zero-order valence-electron chi connectivity index (χ0n) is 9.34. The Kier molecular flexibility index (Phi) is 3.39. The Labute approximate surface area is 95.1 Å². The molecular formula is C13H17NS. The molecule has 0 aliphatic carbocycles. The van der Waals surface area contributed by atoms with E-state index in [4.69, 9.17) is 0 Å². The van der Waals surface area contributed by atoms with Gasteiger partial charge in [0.2, 0.25) is 0 Å². The van der Waals surface area contributed by atoms with Gasteiger partial charge in [-0.25, -0.2) is 0 Å². The lowest BCUT2D eigenvalue weighted by molar-refractivity contribution is 0.727. The van der Waals surface area contributed by atoms with Crippen LogP contribution in [0.1, 0.15) is 17.5 Å². The Morgan fingerprint density at radius 1 is 1.33 bits per heavy atom. The van der Waals surface area contributed by atoms with Crippen LogP contribution in [-0.4, -0.2) is 13.6 Å². The molecule has 0 bridgehead atoms. The minimum Gasteiger partial charge on any atom is -0.320 e. The first-order chi connectivity index (χ1) is 7.33. The molecule has 0 radical (unpaired) electrons. The Hall–Kier alpha value is -0.860. The fourth-order valence-corrected chi connectivity index (χ4v) is 2.99. The van der Waals surface area contributed by atoms with Crippen molar-refractivity contribution in [3.8, 4) is 0 Å². The largest absolute Gasteiger partial charge is 0.320 e. The normalized spacial score (nSPS) is 11.1. The maximum absolute atomic E-state index is 3.19. The summed E-state index contributed by atoms with van der Waals surface area (Å²) in [5, 5.41) is 6.96. The first kappa shape index (κ1) is 10.7. The summed E-state index contributed by atoms with van der Waals surface area (Å²) >= 11 is 1.88. The average molecular weight is 219 g/mol. The summed E-state index contributed by atoms with van der Waals surface area (Å²) in [4.78, 5) is 0. The van der Waals surface area contributed by atoms with E-state index in [1.165, 1.54) is 34.1 Å². The van der Waals surface area contributed by atoms with Crippen LogP contribution in [0.15, 0.2) is 23.6 Å². The van der Waals surface area contributed by atoms with Gasteiger partial charge < -0.3 is 5.32 Å². The van der Waals surface area contributed by atoms with Crippen LogP contribution in [0.25, 0.3) is 10.1 Å². The molecule has 2 heteroatoms. The van der Waals surface area contributed by atoms with Crippen LogP contribution in [0.5, 0.6) is 0 Å². The van der Waals surface area contributed by atoms with Crippen molar-refractivity contribution < 1.29 is 0 Å². The van der Waals surface area contributed by atoms with E-state index in [9.17, 15) is 0 Å². The molecule has 0 unspecified atom stereocenters. The summed E-state index contributed by atoms with van der Waals surface area (Å²) in [6, 6.07) is 6.59. The number of thiophene rings is 1. The zero-order valence-corrected chi connectivity index (χ0v) is 10.2. The van der Waals surface area contributed by atoms with E-state index < -0.39 is 0 Å². The van der Waals surface area contributed by atoms with Crippen LogP contribution in [0, 0.1) is 6.92 Å². The molecule has 1 heterocycles. The highest BCUT2D eigenvalue weighted by molar-refractivity contribution is 7.17. The number of aryl methyl sites for hydroxylation is 2. The van der Waals surface area contributed by atoms with Crippen molar-refractivity contribution >= 4 is 21.4 Å². The van der Waals surface area contributed by atoms with Crippen molar-refractivity contribution in [1.29, 1.82) is 0 Å². The molecule has 1 N–H and O–H groups in total. The third kappa shape index (κ3) is 2.21. The second-order valence-electron chi connectivity index (χ2n) is 3.92. The lowest BCUT2D eigenvalue weighted by Gasteiger charge is -2.00. The van der Waals surface area contributed by atoms with Gasteiger partial charge in [0.05, 0.1) is 0 Å². The highest BCUT2D eigenvalue weighted by Crippen LogP contribution is 2.29. The topological polar surface area (TPSA) is 12.0 Å². The molecule has 0 aliphatic heterocycles. The van der Waals surface area contributed by atoms with Gasteiger partial charge in [0.25, 0.3) is 0 Å². The zero-order chi connectivity index (χ0) is 10.7. The van der Waals surface area contributed by atoms with Crippen molar-refractivity contribution in [2.75, 3.05) is 13.6 Å². The molecule has 1 aromatic heterocycles. The van der Waals surface area contributed by atoms with Gasteiger partial charge in [-0.05, 0) is 55.3 Å². The molecule has 0 aliphatic rings. The molecular weight excluding hydrogens is 202 g/mol. The highest BCUT2D eigenvalue weighted by Gasteiger charge is 2.04. The Morgan fingerprint density at radius 3 is 3.00 bits per heavy atom. The molecule has 1 aromatic carbocycles. The molecule has 0 spiro atoms. The lowest BCUT2D eigenvalue weighted by Crippen LogP contribution is -2.08. The first-order valence-electron chi connectivity index (χ1n) is 5.43. The van der Waals surface area contributed by atoms with E-state index in [-0.39, 0.29) is 0 Å². The fourth-order valence-electron chi connectivity index (χ4n) is 1.90. The maximum Gasteiger partial charge on any atom is 0.0374 e. The van der Waals surface area contributed by atoms with E-state index in [0.717, 1.165) is 6.54 Å². The number of nitrogens with one attached hydrogen (secondary N) is 1. The SMILES string of the molecule is CNCCCc1csc2c(C)cccc12. The second kappa shape index (κ2) is 4.77. The van der Waals surface area contributed by atoms with Gasteiger partial charge in [-0.3, -0.25) is 0 Å². The van der Waals surface area contributed by atoms with Crippen LogP contribution < -0.4 is 5.32 Å². The van der Waals surface area contributed by atoms with Crippen molar-refractivity contribution in [2.45, 2.75) is 19.8 Å². The summed E-state index contributed by atoms with van der Waals surface area (Å²) in [7, 11) is 2.01. The molecule has 0 saturated heterocycles. The number of benzene rings is 1. The van der Waals surface area contributed by atoms with Gasteiger partial charge in [-0.15, -0.1) is 11.3 Å². The van der Waals surface area contributed by atoms with Gasteiger partial charge >= 0.3 is 0 Å². The van der Waals surface area contributed by atoms with Crippen LogP contribution in [0.4, 0.5) is 0 Å². The summed E-state index contributed by atoms with van der Waals surface area (Å²) in [5.74, 6) is 0. The Bertz CT molecular complexity index is 445. The summed E-state index contributed by atoms with van der Waals surface area (Å²) in [6.45, 7) is 3.29. The molecule has 0 atom stereocenters. The highest BCUT2D eigenvalue weighted by atomic mass is 32.1. The number of fused-ring (bicyclic) bond motifs is 1. The maximum atomic E-state index is 3.19. The number of hydrogen-bond donors (Lipinski definition) is 1. The molecule has 0 amide bonds. The van der Waals surface area contributed by atoms with E-state index in [1.807, 2.05) is 18.4 Å². The summed E-state index contributed by atoms with van der Waals surface area (Å²) < 4.78 is 1.46. The average Bonchev–Trinajstić information content (AvgIpc) is 2.64. The third-order valence-corrected chi connectivity index (χ3v) is 3.93. The molecule has 1 nitrogen and oxygen atoms in total. The molecule has 15 heavy (non-hydrogen) atoms. The molecule has 0 saturated carbocycles.